The van der Waals surface area contributed by atoms with Crippen molar-refractivity contribution in [2.75, 3.05) is 45.2 Å². The van der Waals surface area contributed by atoms with Gasteiger partial charge in [-0.05, 0) is 125 Å². The molecule has 6 nitrogen and oxygen atoms in total. The van der Waals surface area contributed by atoms with E-state index in [-0.39, 0.29) is 23.0 Å². The third-order valence-electron chi connectivity index (χ3n) is 10.6. The molecule has 2 heterocycles. The molecule has 2 aromatic rings. The van der Waals surface area contributed by atoms with Gasteiger partial charge in [0.2, 0.25) is 0 Å². The Morgan fingerprint density at radius 2 is 1.89 bits per heavy atom. The Labute approximate surface area is 272 Å². The van der Waals surface area contributed by atoms with Gasteiger partial charge in [-0.15, -0.1) is 0 Å². The predicted octanol–water partition coefficient (Wildman–Crippen LogP) is 7.47. The fourth-order valence-electron chi connectivity index (χ4n) is 7.57. The molecule has 1 saturated carbocycles. The van der Waals surface area contributed by atoms with E-state index in [9.17, 15) is 9.00 Å². The van der Waals surface area contributed by atoms with Crippen molar-refractivity contribution in [1.29, 1.82) is 0 Å². The molecule has 3 aliphatic rings. The van der Waals surface area contributed by atoms with Gasteiger partial charge in [-0.3, -0.25) is 9.52 Å². The molecule has 1 aliphatic carbocycles. The number of halogens is 1. The zero-order valence-electron chi connectivity index (χ0n) is 27.3. The van der Waals surface area contributed by atoms with Crippen LogP contribution in [0, 0.1) is 23.7 Å². The summed E-state index contributed by atoms with van der Waals surface area (Å²) in [6.45, 7) is 9.86. The topological polar surface area (TPSA) is 61.9 Å². The molecule has 44 heavy (non-hydrogen) atoms. The maximum Gasteiger partial charge on any atom is 0.263 e. The highest BCUT2D eigenvalue weighted by molar-refractivity contribution is 7.84. The number of nitrogens with zero attached hydrogens (tertiary/aromatic N) is 2. The first-order valence-corrected chi connectivity index (χ1v) is 18.4. The van der Waals surface area contributed by atoms with Crippen molar-refractivity contribution in [1.82, 2.24) is 9.62 Å². The van der Waals surface area contributed by atoms with Crippen molar-refractivity contribution in [2.24, 2.45) is 23.7 Å². The van der Waals surface area contributed by atoms with E-state index in [0.717, 1.165) is 61.8 Å². The molecule has 1 fully saturated rings. The molecule has 0 radical (unpaired) electrons. The number of nitrogens with one attached hydrogen (secondary N) is 1. The largest absolute Gasteiger partial charge is 0.491 e. The first-order chi connectivity index (χ1) is 21.1. The first-order valence-electron chi connectivity index (χ1n) is 16.8. The van der Waals surface area contributed by atoms with Crippen LogP contribution in [0.15, 0.2) is 36.4 Å². The monoisotopic (exact) mass is 641 g/mol. The number of ether oxygens (including phenoxy) is 1. The Balaban J connectivity index is 1.51. The van der Waals surface area contributed by atoms with E-state index in [1.54, 1.807) is 0 Å². The van der Waals surface area contributed by atoms with E-state index in [4.69, 9.17) is 16.3 Å². The van der Waals surface area contributed by atoms with Crippen molar-refractivity contribution in [3.8, 4) is 5.75 Å². The highest BCUT2D eigenvalue weighted by atomic mass is 35.5. The number of aryl methyl sites for hydroxylation is 1. The summed E-state index contributed by atoms with van der Waals surface area (Å²) in [6.07, 6.45) is 9.17. The van der Waals surface area contributed by atoms with Crippen LogP contribution in [0.25, 0.3) is 0 Å². The Kier molecular flexibility index (Phi) is 11.3. The Bertz CT molecular complexity index is 1320. The smallest absolute Gasteiger partial charge is 0.263 e. The Morgan fingerprint density at radius 3 is 2.61 bits per heavy atom. The SMILES string of the molecule is CCCc1cc(Cl)ccc1C1COc2ccc3cc2N(C1)CC1CCC1C(CCN(C)C)CCCC(C)C(C)S(=O)NC3=O. The first kappa shape index (κ1) is 33.3. The Hall–Kier alpha value is -2.09. The molecular formula is C36H52ClN3O3S. The van der Waals surface area contributed by atoms with Crippen molar-refractivity contribution in [3.05, 3.63) is 58.1 Å². The molecule has 1 amide bonds. The number of anilines is 1. The van der Waals surface area contributed by atoms with E-state index in [2.05, 4.69) is 54.6 Å². The van der Waals surface area contributed by atoms with Crippen LogP contribution in [0.4, 0.5) is 5.69 Å². The summed E-state index contributed by atoms with van der Waals surface area (Å²) < 4.78 is 22.6. The fraction of sp³-hybridized carbons (Fsp3) is 0.639. The zero-order chi connectivity index (χ0) is 31.4. The molecule has 1 N–H and O–H groups in total. The lowest BCUT2D eigenvalue weighted by molar-refractivity contribution is 0.0886. The summed E-state index contributed by atoms with van der Waals surface area (Å²) in [7, 11) is 2.90. The minimum atomic E-state index is -1.45. The summed E-state index contributed by atoms with van der Waals surface area (Å²) in [5.41, 5.74) is 4.11. The van der Waals surface area contributed by atoms with Crippen LogP contribution in [0.1, 0.15) is 93.1 Å². The molecular weight excluding hydrogens is 590 g/mol. The molecule has 0 aromatic heterocycles. The quantitative estimate of drug-likeness (QED) is 0.355. The summed E-state index contributed by atoms with van der Waals surface area (Å²) >= 11 is 6.45. The van der Waals surface area contributed by atoms with Crippen molar-refractivity contribution in [3.63, 3.8) is 0 Å². The van der Waals surface area contributed by atoms with Gasteiger partial charge in [0.25, 0.3) is 5.91 Å². The number of rotatable bonds is 6. The highest BCUT2D eigenvalue weighted by Gasteiger charge is 2.39. The molecule has 2 bridgehead atoms. The summed E-state index contributed by atoms with van der Waals surface area (Å²) in [5.74, 6) is 2.99. The van der Waals surface area contributed by atoms with Gasteiger partial charge in [0.05, 0.1) is 17.5 Å². The van der Waals surface area contributed by atoms with Gasteiger partial charge in [-0.1, -0.05) is 50.8 Å². The third kappa shape index (κ3) is 7.82. The van der Waals surface area contributed by atoms with Crippen molar-refractivity contribution in [2.45, 2.75) is 83.3 Å². The lowest BCUT2D eigenvalue weighted by Gasteiger charge is -2.45. The van der Waals surface area contributed by atoms with Crippen molar-refractivity contribution < 1.29 is 13.7 Å². The van der Waals surface area contributed by atoms with E-state index in [1.165, 1.54) is 36.8 Å². The number of carbonyl (C=O) groups excluding carboxylic acids is 1. The van der Waals surface area contributed by atoms with E-state index < -0.39 is 11.0 Å². The molecule has 242 valence electrons. The molecule has 0 spiro atoms. The number of hydrogen-bond donors (Lipinski definition) is 1. The minimum absolute atomic E-state index is 0.110. The Morgan fingerprint density at radius 1 is 1.07 bits per heavy atom. The van der Waals surface area contributed by atoms with Gasteiger partial charge in [0, 0.05) is 29.6 Å². The van der Waals surface area contributed by atoms with E-state index >= 15 is 0 Å². The van der Waals surface area contributed by atoms with Gasteiger partial charge in [-0.25, -0.2) is 4.21 Å². The van der Waals surface area contributed by atoms with Gasteiger partial charge < -0.3 is 14.5 Å². The highest BCUT2D eigenvalue weighted by Crippen LogP contribution is 2.46. The molecule has 2 aliphatic heterocycles. The van der Waals surface area contributed by atoms with Crippen LogP contribution >= 0.6 is 11.6 Å². The normalized spacial score (nSPS) is 29.7. The number of amides is 1. The standard InChI is InChI=1S/C36H52ClN3O3S/c1-6-8-27-19-31(37)13-15-33(27)30-22-40-21-29-11-14-32(29)26(17-18-39(4)5)10-7-9-24(2)25(3)44(42)38-36(41)28-12-16-35(43-23-30)34(40)20-28/h12-13,15-16,19-20,24-26,29-30,32H,6-11,14,17-18,21-23H2,1-5H3,(H,38,41). The summed E-state index contributed by atoms with van der Waals surface area (Å²) in [4.78, 5) is 18.2. The third-order valence-corrected chi connectivity index (χ3v) is 12.3. The van der Waals surface area contributed by atoms with Gasteiger partial charge in [0.15, 0.2) is 0 Å². The minimum Gasteiger partial charge on any atom is -0.491 e. The second-order valence-electron chi connectivity index (χ2n) is 13.9. The number of benzene rings is 2. The van der Waals surface area contributed by atoms with E-state index in [1.807, 2.05) is 31.2 Å². The van der Waals surface area contributed by atoms with Crippen molar-refractivity contribution >= 4 is 34.2 Å². The predicted molar refractivity (Wildman–Crippen MR) is 183 cm³/mol. The van der Waals surface area contributed by atoms with Crippen LogP contribution in [0.2, 0.25) is 5.02 Å². The summed E-state index contributed by atoms with van der Waals surface area (Å²) in [6, 6.07) is 12.0. The zero-order valence-corrected chi connectivity index (χ0v) is 28.9. The molecule has 7 unspecified atom stereocenters. The molecule has 7 atom stereocenters. The number of carbonyl (C=O) groups is 1. The van der Waals surface area contributed by atoms with E-state index in [0.29, 0.717) is 29.9 Å². The van der Waals surface area contributed by atoms with Gasteiger partial charge in [0.1, 0.15) is 16.7 Å². The molecule has 2 aromatic carbocycles. The number of fused-ring (bicyclic) bond motifs is 2. The maximum absolute atomic E-state index is 13.4. The second kappa shape index (κ2) is 15.0. The van der Waals surface area contributed by atoms with Crippen LogP contribution in [0.5, 0.6) is 5.75 Å². The molecule has 5 rings (SSSR count). The lowest BCUT2D eigenvalue weighted by atomic mass is 9.64. The van der Waals surface area contributed by atoms with Crippen LogP contribution in [-0.4, -0.2) is 60.6 Å². The summed E-state index contributed by atoms with van der Waals surface area (Å²) in [5, 5.41) is 0.666. The van der Waals surface area contributed by atoms with Gasteiger partial charge in [-0.2, -0.15) is 0 Å². The lowest BCUT2D eigenvalue weighted by Crippen LogP contribution is -2.43. The van der Waals surface area contributed by atoms with Crippen LogP contribution in [0.3, 0.4) is 0 Å². The average Bonchev–Trinajstić information content (AvgIpc) is 3.16. The molecule has 0 saturated heterocycles. The second-order valence-corrected chi connectivity index (χ2v) is 15.9. The molecule has 8 heteroatoms. The number of hydrogen-bond acceptors (Lipinski definition) is 5. The van der Waals surface area contributed by atoms with Crippen LogP contribution < -0.4 is 14.4 Å². The van der Waals surface area contributed by atoms with Gasteiger partial charge >= 0.3 is 0 Å². The average molecular weight is 642 g/mol. The maximum atomic E-state index is 13.4. The van der Waals surface area contributed by atoms with Crippen LogP contribution in [-0.2, 0) is 17.4 Å². The fourth-order valence-corrected chi connectivity index (χ4v) is 8.81.